The second kappa shape index (κ2) is 22.6. The van der Waals surface area contributed by atoms with Gasteiger partial charge in [0.2, 0.25) is 0 Å². The summed E-state index contributed by atoms with van der Waals surface area (Å²) in [6.45, 7) is 6.41. The Morgan fingerprint density at radius 2 is 1.33 bits per heavy atom. The summed E-state index contributed by atoms with van der Waals surface area (Å²) in [7, 11) is -3.16. The summed E-state index contributed by atoms with van der Waals surface area (Å²) in [6, 6.07) is 0. The van der Waals surface area contributed by atoms with Crippen molar-refractivity contribution in [2.75, 3.05) is 26.2 Å². The molecule has 0 unspecified atom stereocenters. The van der Waals surface area contributed by atoms with Gasteiger partial charge in [0.05, 0.1) is 6.61 Å². The van der Waals surface area contributed by atoms with Crippen molar-refractivity contribution in [3.05, 3.63) is 24.3 Å². The van der Waals surface area contributed by atoms with Crippen molar-refractivity contribution in [3.63, 3.8) is 0 Å². The molecule has 30 heavy (non-hydrogen) atoms. The third kappa shape index (κ3) is 20.2. The molecule has 0 amide bonds. The molecule has 0 bridgehead atoms. The van der Waals surface area contributed by atoms with E-state index < -0.39 is 7.59 Å². The van der Waals surface area contributed by atoms with E-state index in [-0.39, 0.29) is 6.61 Å². The molecule has 0 saturated carbocycles. The van der Waals surface area contributed by atoms with Crippen LogP contribution in [0, 0.1) is 0 Å². The molecule has 0 rings (SSSR count). The van der Waals surface area contributed by atoms with E-state index in [0.717, 1.165) is 25.8 Å². The molecule has 7 heteroatoms. The Morgan fingerprint density at radius 3 is 1.83 bits per heavy atom. The number of allylic oxidation sites excluding steroid dienone is 4. The molecular weight excluding hydrogens is 395 g/mol. The molecule has 0 aliphatic heterocycles. The molecule has 0 aliphatic rings. The molecule has 0 aromatic heterocycles. The van der Waals surface area contributed by atoms with E-state index in [0.29, 0.717) is 25.9 Å². The summed E-state index contributed by atoms with van der Waals surface area (Å²) in [5, 5.41) is 14.9. The Hall–Kier alpha value is -1.07. The molecule has 174 valence electrons. The van der Waals surface area contributed by atoms with Crippen molar-refractivity contribution < 1.29 is 9.67 Å². The second-order valence-corrected chi connectivity index (χ2v) is 9.15. The van der Waals surface area contributed by atoms with E-state index in [2.05, 4.69) is 58.1 Å². The number of aliphatic hydroxyl groups excluding tert-OH is 1. The maximum Gasteiger partial charge on any atom is 0.368 e. The molecular formula is C23H45N4O2P. The lowest BCUT2D eigenvalue weighted by Crippen LogP contribution is -2.22. The monoisotopic (exact) mass is 440 g/mol. The lowest BCUT2D eigenvalue weighted by molar-refractivity contribution is 0.292. The fourth-order valence-corrected chi connectivity index (χ4v) is 3.95. The zero-order valence-electron chi connectivity index (χ0n) is 19.3. The topological polar surface area (TPSA) is 86.1 Å². The Kier molecular flexibility index (Phi) is 21.8. The average molecular weight is 441 g/mol. The fourth-order valence-electron chi connectivity index (χ4n) is 2.64. The minimum atomic E-state index is -3.16. The zero-order valence-corrected chi connectivity index (χ0v) is 20.2. The minimum Gasteiger partial charge on any atom is -0.395 e. The number of hydrogen-bond donors (Lipinski definition) is 3. The lowest BCUT2D eigenvalue weighted by Gasteiger charge is -2.10. The van der Waals surface area contributed by atoms with Gasteiger partial charge >= 0.3 is 7.59 Å². The van der Waals surface area contributed by atoms with Gasteiger partial charge in [0, 0.05) is 38.4 Å². The largest absolute Gasteiger partial charge is 0.395 e. The summed E-state index contributed by atoms with van der Waals surface area (Å²) in [6.07, 6.45) is 23.6. The summed E-state index contributed by atoms with van der Waals surface area (Å²) in [5.74, 6) is 0. The highest BCUT2D eigenvalue weighted by atomic mass is 31.2. The first-order chi connectivity index (χ1) is 14.7. The van der Waals surface area contributed by atoms with Crippen LogP contribution in [-0.4, -0.2) is 43.8 Å². The predicted octanol–water partition coefficient (Wildman–Crippen LogP) is 5.85. The highest BCUT2D eigenvalue weighted by Crippen LogP contribution is 2.43. The molecule has 0 fully saturated rings. The quantitative estimate of drug-likeness (QED) is 0.0904. The number of rotatable bonds is 21. The van der Waals surface area contributed by atoms with Crippen LogP contribution >= 0.6 is 7.59 Å². The molecule has 6 nitrogen and oxygen atoms in total. The summed E-state index contributed by atoms with van der Waals surface area (Å²) in [5.41, 5.74) is 0. The van der Waals surface area contributed by atoms with Gasteiger partial charge in [0.1, 0.15) is 0 Å². The van der Waals surface area contributed by atoms with Crippen molar-refractivity contribution in [3.8, 4) is 0 Å². The first-order valence-electron chi connectivity index (χ1n) is 11.7. The van der Waals surface area contributed by atoms with Gasteiger partial charge in [-0.05, 0) is 38.6 Å². The van der Waals surface area contributed by atoms with Crippen LogP contribution in [-0.2, 0) is 4.57 Å². The number of nitrogens with zero attached hydrogens (tertiary/aromatic N) is 2. The van der Waals surface area contributed by atoms with Crippen LogP contribution in [0.15, 0.2) is 33.8 Å². The fraction of sp³-hybridized carbons (Fsp3) is 0.739. The van der Waals surface area contributed by atoms with Crippen molar-refractivity contribution in [2.45, 2.75) is 84.5 Å². The molecule has 0 saturated heterocycles. The van der Waals surface area contributed by atoms with Crippen LogP contribution in [0.1, 0.15) is 84.5 Å². The molecule has 0 atom stereocenters. The van der Waals surface area contributed by atoms with Crippen LogP contribution in [0.25, 0.3) is 0 Å². The highest BCUT2D eigenvalue weighted by Gasteiger charge is 2.16. The van der Waals surface area contributed by atoms with Crippen LogP contribution in [0.2, 0.25) is 0 Å². The smallest absolute Gasteiger partial charge is 0.368 e. The number of hydrogen-bond acceptors (Lipinski definition) is 3. The lowest BCUT2D eigenvalue weighted by atomic mass is 10.2. The average Bonchev–Trinajstić information content (AvgIpc) is 2.74. The van der Waals surface area contributed by atoms with Crippen LogP contribution in [0.5, 0.6) is 0 Å². The second-order valence-electron chi connectivity index (χ2n) is 7.28. The maximum atomic E-state index is 13.0. The van der Waals surface area contributed by atoms with Gasteiger partial charge in [-0.25, -0.2) is 14.6 Å². The Balaban J connectivity index is 4.49. The molecule has 0 spiro atoms. The van der Waals surface area contributed by atoms with Crippen molar-refractivity contribution in [1.82, 2.24) is 10.4 Å². The normalized spacial score (nSPS) is 14.6. The van der Waals surface area contributed by atoms with Gasteiger partial charge in [0.15, 0.2) is 0 Å². The Labute approximate surface area is 185 Å². The Bertz CT molecular complexity index is 497. The zero-order chi connectivity index (χ0) is 22.2. The van der Waals surface area contributed by atoms with Crippen molar-refractivity contribution >= 4 is 20.0 Å². The SMILES string of the molecule is CCCCC/C=C\CC=NP(=O)(N=CC/C=C\CCCCC)NCCCNCCO. The highest BCUT2D eigenvalue weighted by molar-refractivity contribution is 7.59. The number of unbranched alkanes of at least 4 members (excludes halogenated alkanes) is 6. The van der Waals surface area contributed by atoms with Crippen LogP contribution in [0.3, 0.4) is 0 Å². The number of aliphatic hydroxyl groups is 1. The minimum absolute atomic E-state index is 0.123. The van der Waals surface area contributed by atoms with Gasteiger partial charge in [0.25, 0.3) is 0 Å². The molecule has 0 aromatic carbocycles. The molecule has 0 heterocycles. The first kappa shape index (κ1) is 28.9. The summed E-state index contributed by atoms with van der Waals surface area (Å²) >= 11 is 0. The first-order valence-corrected chi connectivity index (χ1v) is 13.3. The van der Waals surface area contributed by atoms with Crippen LogP contribution < -0.4 is 10.4 Å². The maximum absolute atomic E-state index is 13.0. The third-order valence-corrected chi connectivity index (χ3v) is 5.97. The molecule has 3 N–H and O–H groups in total. The molecule has 0 aromatic rings. The van der Waals surface area contributed by atoms with Crippen molar-refractivity contribution in [1.29, 1.82) is 0 Å². The van der Waals surface area contributed by atoms with E-state index in [1.54, 1.807) is 12.4 Å². The van der Waals surface area contributed by atoms with Gasteiger partial charge in [-0.1, -0.05) is 63.8 Å². The standard InChI is InChI=1S/C23H45N4O2P/c1-3-5-7-9-11-13-15-19-25-30(29,27-21-17-18-24-22-23-28)26-20-16-14-12-10-8-6-4-2/h11-14,19-20,24,28H,3-10,15-18,21-23H2,1-2H3,(H,27,29)/b13-11-,14-12-,25-19?,26-20?. The van der Waals surface area contributed by atoms with Crippen LogP contribution in [0.4, 0.5) is 0 Å². The van der Waals surface area contributed by atoms with E-state index in [1.807, 2.05) is 0 Å². The van der Waals surface area contributed by atoms with Gasteiger partial charge in [-0.3, -0.25) is 4.57 Å². The van der Waals surface area contributed by atoms with Gasteiger partial charge in [-0.15, -0.1) is 0 Å². The van der Waals surface area contributed by atoms with Gasteiger partial charge in [-0.2, -0.15) is 0 Å². The predicted molar refractivity (Wildman–Crippen MR) is 133 cm³/mol. The van der Waals surface area contributed by atoms with E-state index in [9.17, 15) is 4.57 Å². The number of nitrogens with one attached hydrogen (secondary N) is 2. The Morgan fingerprint density at radius 1 is 0.767 bits per heavy atom. The van der Waals surface area contributed by atoms with E-state index in [4.69, 9.17) is 5.11 Å². The summed E-state index contributed by atoms with van der Waals surface area (Å²) in [4.78, 5) is 0. The van der Waals surface area contributed by atoms with Crippen molar-refractivity contribution in [2.24, 2.45) is 9.53 Å². The summed E-state index contributed by atoms with van der Waals surface area (Å²) < 4.78 is 21.6. The van der Waals surface area contributed by atoms with E-state index in [1.165, 1.54) is 38.5 Å². The van der Waals surface area contributed by atoms with Gasteiger partial charge < -0.3 is 10.4 Å². The molecule has 0 radical (unpaired) electrons. The van der Waals surface area contributed by atoms with E-state index >= 15 is 0 Å². The third-order valence-electron chi connectivity index (χ3n) is 4.38. The molecule has 0 aliphatic carbocycles.